The number of nitrogens with one attached hydrogen (secondary N) is 1. The van der Waals surface area contributed by atoms with E-state index in [9.17, 15) is 4.79 Å². The highest BCUT2D eigenvalue weighted by atomic mass is 35.5. The molecular weight excluding hydrogens is 431 g/mol. The Balaban J connectivity index is 1.59. The molecule has 1 heterocycles. The lowest BCUT2D eigenvalue weighted by molar-refractivity contribution is -0.113. The van der Waals surface area contributed by atoms with E-state index in [-0.39, 0.29) is 17.8 Å². The van der Waals surface area contributed by atoms with Crippen LogP contribution in [-0.2, 0) is 11.8 Å². The molecule has 3 aromatic rings. The molecule has 29 heavy (non-hydrogen) atoms. The van der Waals surface area contributed by atoms with E-state index in [1.54, 1.807) is 22.8 Å². The topological polar surface area (TPSA) is 69.0 Å². The summed E-state index contributed by atoms with van der Waals surface area (Å²) in [5, 5.41) is 12.8. The number of carbonyl (C=O) groups is 1. The number of hydrogen-bond donors (Lipinski definition) is 1. The highest BCUT2D eigenvalue weighted by Crippen LogP contribution is 2.31. The number of anilines is 1. The zero-order chi connectivity index (χ0) is 21.0. The second-order valence-corrected chi connectivity index (χ2v) is 8.22. The van der Waals surface area contributed by atoms with Crippen molar-refractivity contribution < 1.29 is 9.53 Å². The molecule has 1 N–H and O–H groups in total. The molecule has 1 unspecified atom stereocenters. The smallest absolute Gasteiger partial charge is 0.234 e. The molecular formula is C20H20Cl2N4O2S. The summed E-state index contributed by atoms with van der Waals surface area (Å²) in [4.78, 5) is 12.2. The second-order valence-electron chi connectivity index (χ2n) is 6.44. The third-order valence-corrected chi connectivity index (χ3v) is 5.65. The first kappa shape index (κ1) is 21.5. The monoisotopic (exact) mass is 450 g/mol. The molecule has 0 saturated carbocycles. The van der Waals surface area contributed by atoms with Gasteiger partial charge in [-0.25, -0.2) is 0 Å². The molecule has 9 heteroatoms. The third-order valence-electron chi connectivity index (χ3n) is 4.10. The summed E-state index contributed by atoms with van der Waals surface area (Å²) < 4.78 is 7.70. The van der Waals surface area contributed by atoms with Crippen molar-refractivity contribution in [2.24, 2.45) is 7.05 Å². The predicted octanol–water partition coefficient (Wildman–Crippen LogP) is 5.30. The van der Waals surface area contributed by atoms with E-state index in [4.69, 9.17) is 27.9 Å². The summed E-state index contributed by atoms with van der Waals surface area (Å²) in [6, 6.07) is 12.7. The Hall–Kier alpha value is -2.22. The van der Waals surface area contributed by atoms with Crippen LogP contribution in [0.15, 0.2) is 47.6 Å². The zero-order valence-corrected chi connectivity index (χ0v) is 18.5. The minimum atomic E-state index is -0.387. The molecule has 0 fully saturated rings. The van der Waals surface area contributed by atoms with Crippen molar-refractivity contribution >= 4 is 46.6 Å². The zero-order valence-electron chi connectivity index (χ0n) is 16.1. The molecule has 0 spiro atoms. The van der Waals surface area contributed by atoms with Crippen molar-refractivity contribution in [3.63, 3.8) is 0 Å². The molecule has 0 aliphatic heterocycles. The lowest BCUT2D eigenvalue weighted by atomic mass is 10.2. The van der Waals surface area contributed by atoms with Gasteiger partial charge in [-0.1, -0.05) is 52.7 Å². The number of ether oxygens (including phenoxy) is 1. The van der Waals surface area contributed by atoms with Gasteiger partial charge < -0.3 is 14.6 Å². The lowest BCUT2D eigenvalue weighted by Crippen LogP contribution is -2.14. The molecule has 1 amide bonds. The van der Waals surface area contributed by atoms with E-state index >= 15 is 0 Å². The van der Waals surface area contributed by atoms with Crippen LogP contribution in [-0.4, -0.2) is 26.4 Å². The first-order chi connectivity index (χ1) is 13.8. The number of carbonyl (C=O) groups excluding carboxylic acids is 1. The average molecular weight is 451 g/mol. The lowest BCUT2D eigenvalue weighted by Gasteiger charge is -2.15. The van der Waals surface area contributed by atoms with Gasteiger partial charge in [0, 0.05) is 17.8 Å². The van der Waals surface area contributed by atoms with E-state index in [1.165, 1.54) is 11.8 Å². The number of amides is 1. The van der Waals surface area contributed by atoms with Gasteiger partial charge in [-0.05, 0) is 44.2 Å². The quantitative estimate of drug-likeness (QED) is 0.494. The number of hydrogen-bond acceptors (Lipinski definition) is 5. The van der Waals surface area contributed by atoms with Gasteiger partial charge in [0.2, 0.25) is 5.91 Å². The van der Waals surface area contributed by atoms with Crippen LogP contribution in [0.5, 0.6) is 5.75 Å². The summed E-state index contributed by atoms with van der Waals surface area (Å²) in [7, 11) is 1.83. The number of aryl methyl sites for hydroxylation is 1. The molecule has 0 saturated heterocycles. The van der Waals surface area contributed by atoms with E-state index in [2.05, 4.69) is 15.5 Å². The van der Waals surface area contributed by atoms with E-state index in [1.807, 2.05) is 45.2 Å². The van der Waals surface area contributed by atoms with E-state index < -0.39 is 0 Å². The fraction of sp³-hybridized carbons (Fsp3) is 0.250. The van der Waals surface area contributed by atoms with Gasteiger partial charge in [-0.15, -0.1) is 10.2 Å². The molecule has 1 aromatic heterocycles. The number of benzene rings is 2. The van der Waals surface area contributed by atoms with Crippen molar-refractivity contribution in [3.05, 3.63) is 63.9 Å². The molecule has 0 aliphatic carbocycles. The summed E-state index contributed by atoms with van der Waals surface area (Å²) in [5.41, 5.74) is 1.90. The minimum Gasteiger partial charge on any atom is -0.481 e. The van der Waals surface area contributed by atoms with Crippen molar-refractivity contribution in [2.75, 3.05) is 11.1 Å². The van der Waals surface area contributed by atoms with Gasteiger partial charge in [0.25, 0.3) is 0 Å². The van der Waals surface area contributed by atoms with Crippen LogP contribution >= 0.6 is 35.0 Å². The summed E-state index contributed by atoms with van der Waals surface area (Å²) in [5.74, 6) is 1.24. The Morgan fingerprint density at radius 1 is 1.21 bits per heavy atom. The van der Waals surface area contributed by atoms with Crippen LogP contribution in [0.3, 0.4) is 0 Å². The number of rotatable bonds is 7. The highest BCUT2D eigenvalue weighted by Gasteiger charge is 2.19. The molecule has 3 rings (SSSR count). The van der Waals surface area contributed by atoms with Crippen molar-refractivity contribution in [1.29, 1.82) is 0 Å². The van der Waals surface area contributed by atoms with Crippen LogP contribution in [0, 0.1) is 6.92 Å². The number of thioether (sulfide) groups is 1. The fourth-order valence-corrected chi connectivity index (χ4v) is 3.76. The normalized spacial score (nSPS) is 11.9. The number of halogens is 2. The summed E-state index contributed by atoms with van der Waals surface area (Å²) >= 11 is 13.4. The van der Waals surface area contributed by atoms with Crippen LogP contribution in [0.4, 0.5) is 5.69 Å². The van der Waals surface area contributed by atoms with Crippen LogP contribution in [0.25, 0.3) is 0 Å². The standard InChI is InChI=1S/C20H20Cl2N4O2S/c1-12-4-7-15(8-5-12)23-18(27)11-29-20-25-24-19(26(20)3)13(2)28-17-9-6-14(21)10-16(17)22/h4-10,13H,11H2,1-3H3,(H,23,27). The fourth-order valence-electron chi connectivity index (χ4n) is 2.58. The molecule has 2 aromatic carbocycles. The van der Waals surface area contributed by atoms with Crippen molar-refractivity contribution in [1.82, 2.24) is 14.8 Å². The van der Waals surface area contributed by atoms with Gasteiger partial charge >= 0.3 is 0 Å². The van der Waals surface area contributed by atoms with Crippen LogP contribution < -0.4 is 10.1 Å². The first-order valence-corrected chi connectivity index (χ1v) is 10.6. The first-order valence-electron chi connectivity index (χ1n) is 8.84. The minimum absolute atomic E-state index is 0.111. The Bertz CT molecular complexity index is 1010. The number of nitrogens with zero attached hydrogens (tertiary/aromatic N) is 3. The maximum Gasteiger partial charge on any atom is 0.234 e. The predicted molar refractivity (Wildman–Crippen MR) is 117 cm³/mol. The van der Waals surface area contributed by atoms with Gasteiger partial charge in [0.05, 0.1) is 10.8 Å². The van der Waals surface area contributed by atoms with Gasteiger partial charge in [0.15, 0.2) is 17.1 Å². The molecule has 6 nitrogen and oxygen atoms in total. The van der Waals surface area contributed by atoms with E-state index in [0.717, 1.165) is 11.3 Å². The highest BCUT2D eigenvalue weighted by molar-refractivity contribution is 7.99. The van der Waals surface area contributed by atoms with Crippen LogP contribution in [0.2, 0.25) is 10.0 Å². The van der Waals surface area contributed by atoms with Crippen molar-refractivity contribution in [3.8, 4) is 5.75 Å². The Morgan fingerprint density at radius 3 is 2.62 bits per heavy atom. The maximum absolute atomic E-state index is 12.2. The second kappa shape index (κ2) is 9.52. The SMILES string of the molecule is Cc1ccc(NC(=O)CSc2nnc(C(C)Oc3ccc(Cl)cc3Cl)n2C)cc1. The molecule has 0 bridgehead atoms. The summed E-state index contributed by atoms with van der Waals surface area (Å²) in [6.07, 6.45) is -0.387. The van der Waals surface area contributed by atoms with Crippen LogP contribution in [0.1, 0.15) is 24.4 Å². The molecule has 152 valence electrons. The molecule has 0 radical (unpaired) electrons. The Labute approximate surface area is 183 Å². The largest absolute Gasteiger partial charge is 0.481 e. The average Bonchev–Trinajstić information content (AvgIpc) is 3.05. The van der Waals surface area contributed by atoms with Gasteiger partial charge in [-0.2, -0.15) is 0 Å². The van der Waals surface area contributed by atoms with E-state index in [0.29, 0.717) is 26.8 Å². The third kappa shape index (κ3) is 5.65. The Kier molecular flexibility index (Phi) is 7.05. The Morgan fingerprint density at radius 2 is 1.93 bits per heavy atom. The van der Waals surface area contributed by atoms with Crippen molar-refractivity contribution in [2.45, 2.75) is 25.1 Å². The van der Waals surface area contributed by atoms with Gasteiger partial charge in [0.1, 0.15) is 5.75 Å². The number of aromatic nitrogens is 3. The maximum atomic E-state index is 12.2. The molecule has 1 atom stereocenters. The van der Waals surface area contributed by atoms with Gasteiger partial charge in [-0.3, -0.25) is 4.79 Å². The summed E-state index contributed by atoms with van der Waals surface area (Å²) in [6.45, 7) is 3.85. The molecule has 0 aliphatic rings.